The predicted octanol–water partition coefficient (Wildman–Crippen LogP) is 3.48. The Morgan fingerprint density at radius 3 is 2.67 bits per heavy atom. The standard InChI is InChI=1S/C15H19Br2N3O/c1-4-13-19-14-11(7-10(16)8-12(14)17)15(21)20(13)6-5-18-9(2)3/h7-9,18H,4-6H2,1-3H3. The molecule has 21 heavy (non-hydrogen) atoms. The molecule has 1 N–H and O–H groups in total. The summed E-state index contributed by atoms with van der Waals surface area (Å²) < 4.78 is 3.49. The molecule has 114 valence electrons. The van der Waals surface area contributed by atoms with Gasteiger partial charge in [-0.3, -0.25) is 9.36 Å². The molecule has 1 aromatic carbocycles. The summed E-state index contributed by atoms with van der Waals surface area (Å²) in [6, 6.07) is 4.16. The van der Waals surface area contributed by atoms with Gasteiger partial charge in [0.05, 0.1) is 10.9 Å². The zero-order valence-electron chi connectivity index (χ0n) is 12.4. The van der Waals surface area contributed by atoms with E-state index < -0.39 is 0 Å². The summed E-state index contributed by atoms with van der Waals surface area (Å²) >= 11 is 6.92. The number of aryl methyl sites for hydroxylation is 1. The van der Waals surface area contributed by atoms with E-state index in [4.69, 9.17) is 0 Å². The molecule has 0 radical (unpaired) electrons. The van der Waals surface area contributed by atoms with E-state index in [0.717, 1.165) is 33.3 Å². The first kappa shape index (κ1) is 16.6. The number of benzene rings is 1. The van der Waals surface area contributed by atoms with Crippen LogP contribution >= 0.6 is 31.9 Å². The second-order valence-electron chi connectivity index (χ2n) is 5.23. The molecule has 4 nitrogen and oxygen atoms in total. The van der Waals surface area contributed by atoms with Crippen molar-refractivity contribution in [2.24, 2.45) is 0 Å². The van der Waals surface area contributed by atoms with Crippen LogP contribution in [0.3, 0.4) is 0 Å². The van der Waals surface area contributed by atoms with Crippen LogP contribution in [0.25, 0.3) is 10.9 Å². The van der Waals surface area contributed by atoms with Gasteiger partial charge >= 0.3 is 0 Å². The van der Waals surface area contributed by atoms with Gasteiger partial charge in [-0.05, 0) is 28.1 Å². The number of rotatable bonds is 5. The Morgan fingerprint density at radius 1 is 1.33 bits per heavy atom. The fourth-order valence-corrected chi connectivity index (χ4v) is 3.57. The van der Waals surface area contributed by atoms with Crippen molar-refractivity contribution in [1.82, 2.24) is 14.9 Å². The van der Waals surface area contributed by atoms with Crippen LogP contribution in [-0.4, -0.2) is 22.1 Å². The third-order valence-electron chi connectivity index (χ3n) is 3.26. The third kappa shape index (κ3) is 3.73. The molecule has 2 rings (SSSR count). The minimum absolute atomic E-state index is 0.0180. The van der Waals surface area contributed by atoms with Crippen LogP contribution in [0, 0.1) is 0 Å². The molecule has 0 amide bonds. The topological polar surface area (TPSA) is 46.9 Å². The average Bonchev–Trinajstić information content (AvgIpc) is 2.41. The Kier molecular flexibility index (Phi) is 5.57. The van der Waals surface area contributed by atoms with Gasteiger partial charge in [-0.1, -0.05) is 36.7 Å². The van der Waals surface area contributed by atoms with Crippen molar-refractivity contribution in [1.29, 1.82) is 0 Å². The van der Waals surface area contributed by atoms with Crippen molar-refractivity contribution >= 4 is 42.8 Å². The molecule has 1 heterocycles. The van der Waals surface area contributed by atoms with Crippen LogP contribution in [0.4, 0.5) is 0 Å². The Morgan fingerprint density at radius 2 is 2.05 bits per heavy atom. The van der Waals surface area contributed by atoms with E-state index in [2.05, 4.69) is 56.0 Å². The third-order valence-corrected chi connectivity index (χ3v) is 4.32. The molecule has 0 aliphatic carbocycles. The lowest BCUT2D eigenvalue weighted by Gasteiger charge is -2.14. The van der Waals surface area contributed by atoms with Crippen LogP contribution < -0.4 is 10.9 Å². The lowest BCUT2D eigenvalue weighted by Crippen LogP contribution is -2.32. The van der Waals surface area contributed by atoms with Gasteiger partial charge in [-0.2, -0.15) is 0 Å². The Balaban J connectivity index is 2.53. The van der Waals surface area contributed by atoms with Gasteiger partial charge in [-0.15, -0.1) is 0 Å². The minimum Gasteiger partial charge on any atom is -0.313 e. The van der Waals surface area contributed by atoms with Crippen LogP contribution in [0.2, 0.25) is 0 Å². The van der Waals surface area contributed by atoms with Gasteiger partial charge in [0.15, 0.2) is 0 Å². The van der Waals surface area contributed by atoms with Gasteiger partial charge in [0.2, 0.25) is 0 Å². The van der Waals surface area contributed by atoms with E-state index in [9.17, 15) is 4.79 Å². The summed E-state index contributed by atoms with van der Waals surface area (Å²) in [7, 11) is 0. The van der Waals surface area contributed by atoms with Crippen LogP contribution in [0.1, 0.15) is 26.6 Å². The molecule has 1 aromatic heterocycles. The summed E-state index contributed by atoms with van der Waals surface area (Å²) in [5, 5.41) is 3.97. The fraction of sp³-hybridized carbons (Fsp3) is 0.467. The van der Waals surface area contributed by atoms with E-state index >= 15 is 0 Å². The molecular formula is C15H19Br2N3O. The highest BCUT2D eigenvalue weighted by Gasteiger charge is 2.12. The predicted molar refractivity (Wildman–Crippen MR) is 93.9 cm³/mol. The summed E-state index contributed by atoms with van der Waals surface area (Å²) in [5.41, 5.74) is 0.748. The second kappa shape index (κ2) is 7.03. The maximum absolute atomic E-state index is 12.7. The number of nitrogens with one attached hydrogen (secondary N) is 1. The zero-order chi connectivity index (χ0) is 15.6. The van der Waals surface area contributed by atoms with Gasteiger partial charge in [-0.25, -0.2) is 4.98 Å². The molecule has 2 aromatic rings. The van der Waals surface area contributed by atoms with Gasteiger partial charge in [0.25, 0.3) is 5.56 Å². The molecule has 0 aliphatic rings. The van der Waals surface area contributed by atoms with Crippen LogP contribution in [-0.2, 0) is 13.0 Å². The van der Waals surface area contributed by atoms with Gasteiger partial charge in [0, 0.05) is 34.5 Å². The maximum atomic E-state index is 12.7. The largest absolute Gasteiger partial charge is 0.313 e. The molecule has 0 saturated heterocycles. The Labute approximate surface area is 141 Å². The van der Waals surface area contributed by atoms with Crippen molar-refractivity contribution in [3.05, 3.63) is 37.3 Å². The van der Waals surface area contributed by atoms with E-state index in [1.165, 1.54) is 0 Å². The van der Waals surface area contributed by atoms with Gasteiger partial charge < -0.3 is 5.32 Å². The molecule has 0 saturated carbocycles. The summed E-state index contributed by atoms with van der Waals surface area (Å²) in [6.07, 6.45) is 0.732. The van der Waals surface area contributed by atoms with Crippen LogP contribution in [0.5, 0.6) is 0 Å². The molecule has 0 fully saturated rings. The van der Waals surface area contributed by atoms with Gasteiger partial charge in [0.1, 0.15) is 5.82 Å². The number of hydrogen-bond donors (Lipinski definition) is 1. The number of fused-ring (bicyclic) bond motifs is 1. The number of aromatic nitrogens is 2. The molecule has 0 atom stereocenters. The SMILES string of the molecule is CCc1nc2c(Br)cc(Br)cc2c(=O)n1CCNC(C)C. The highest BCUT2D eigenvalue weighted by atomic mass is 79.9. The van der Waals surface area contributed by atoms with Crippen molar-refractivity contribution in [2.45, 2.75) is 39.8 Å². The summed E-state index contributed by atoms with van der Waals surface area (Å²) in [5.74, 6) is 0.820. The molecule has 6 heteroatoms. The second-order valence-corrected chi connectivity index (χ2v) is 7.00. The van der Waals surface area contributed by atoms with Crippen molar-refractivity contribution < 1.29 is 0 Å². The van der Waals surface area contributed by atoms with E-state index in [1.54, 1.807) is 4.57 Å². The molecular weight excluding hydrogens is 398 g/mol. The van der Waals surface area contributed by atoms with Crippen LogP contribution in [0.15, 0.2) is 25.9 Å². The van der Waals surface area contributed by atoms with E-state index in [-0.39, 0.29) is 5.56 Å². The highest BCUT2D eigenvalue weighted by Crippen LogP contribution is 2.25. The summed E-state index contributed by atoms with van der Waals surface area (Å²) in [6.45, 7) is 7.60. The normalized spacial score (nSPS) is 11.5. The smallest absolute Gasteiger partial charge is 0.261 e. The van der Waals surface area contributed by atoms with E-state index in [0.29, 0.717) is 18.0 Å². The lowest BCUT2D eigenvalue weighted by atomic mass is 10.2. The highest BCUT2D eigenvalue weighted by molar-refractivity contribution is 9.11. The molecule has 0 aliphatic heterocycles. The number of hydrogen-bond acceptors (Lipinski definition) is 3. The van der Waals surface area contributed by atoms with Crippen molar-refractivity contribution in [2.75, 3.05) is 6.54 Å². The fourth-order valence-electron chi connectivity index (χ4n) is 2.26. The average molecular weight is 417 g/mol. The van der Waals surface area contributed by atoms with Crippen molar-refractivity contribution in [3.63, 3.8) is 0 Å². The first-order valence-electron chi connectivity index (χ1n) is 7.06. The lowest BCUT2D eigenvalue weighted by molar-refractivity contribution is 0.521. The van der Waals surface area contributed by atoms with Crippen molar-refractivity contribution in [3.8, 4) is 0 Å². The first-order chi connectivity index (χ1) is 9.93. The molecule has 0 unspecified atom stereocenters. The Hall–Kier alpha value is -0.720. The minimum atomic E-state index is 0.0180. The Bertz CT molecular complexity index is 710. The maximum Gasteiger partial charge on any atom is 0.261 e. The first-order valence-corrected chi connectivity index (χ1v) is 8.64. The number of nitrogens with zero attached hydrogens (tertiary/aromatic N) is 2. The quantitative estimate of drug-likeness (QED) is 0.811. The zero-order valence-corrected chi connectivity index (χ0v) is 15.6. The monoisotopic (exact) mass is 415 g/mol. The summed E-state index contributed by atoms with van der Waals surface area (Å²) in [4.78, 5) is 17.4. The number of halogens is 2. The molecule has 0 bridgehead atoms. The molecule has 0 spiro atoms. The van der Waals surface area contributed by atoms with E-state index in [1.807, 2.05) is 19.1 Å².